The Morgan fingerprint density at radius 2 is 2.12 bits per heavy atom. The second-order valence-corrected chi connectivity index (χ2v) is 8.05. The van der Waals surface area contributed by atoms with Gasteiger partial charge in [-0.1, -0.05) is 31.7 Å². The SMILES string of the molecule is O=C(CCC1CCCC1)Nc1nc(-c2ccc3c(c2)CCC(=O)N3)cs1. The summed E-state index contributed by atoms with van der Waals surface area (Å²) in [5.74, 6) is 0.857. The van der Waals surface area contributed by atoms with Crippen molar-refractivity contribution in [3.8, 4) is 11.3 Å². The standard InChI is InChI=1S/C20H23N3O2S/c24-18-10-7-14-11-15(6-8-16(14)21-18)17-12-26-20(22-17)23-19(25)9-5-13-3-1-2-4-13/h6,8,11-13H,1-5,7,9-10H2,(H,21,24)(H,22,23,25). The Kier molecular flexibility index (Phi) is 5.02. The lowest BCUT2D eigenvalue weighted by Crippen LogP contribution is -2.18. The van der Waals surface area contributed by atoms with Crippen LogP contribution >= 0.6 is 11.3 Å². The number of carbonyl (C=O) groups is 2. The summed E-state index contributed by atoms with van der Waals surface area (Å²) in [7, 11) is 0. The molecule has 0 bridgehead atoms. The van der Waals surface area contributed by atoms with Gasteiger partial charge in [0, 0.05) is 29.5 Å². The minimum atomic E-state index is 0.0611. The van der Waals surface area contributed by atoms with Gasteiger partial charge in [0.05, 0.1) is 5.69 Å². The first-order valence-corrected chi connectivity index (χ1v) is 10.2. The number of aromatic nitrogens is 1. The molecule has 1 aromatic carbocycles. The smallest absolute Gasteiger partial charge is 0.226 e. The van der Waals surface area contributed by atoms with Crippen molar-refractivity contribution in [2.75, 3.05) is 10.6 Å². The van der Waals surface area contributed by atoms with E-state index in [2.05, 4.69) is 21.7 Å². The number of rotatable bonds is 5. The first-order valence-electron chi connectivity index (χ1n) is 9.36. The molecule has 0 atom stereocenters. The molecular formula is C20H23N3O2S. The topological polar surface area (TPSA) is 71.1 Å². The van der Waals surface area contributed by atoms with E-state index in [0.29, 0.717) is 18.0 Å². The van der Waals surface area contributed by atoms with Crippen molar-refractivity contribution in [2.24, 2.45) is 5.92 Å². The molecule has 5 nitrogen and oxygen atoms in total. The maximum atomic E-state index is 12.2. The van der Waals surface area contributed by atoms with Gasteiger partial charge in [0.25, 0.3) is 0 Å². The zero-order valence-electron chi connectivity index (χ0n) is 14.7. The summed E-state index contributed by atoms with van der Waals surface area (Å²) in [5, 5.41) is 8.45. The fraction of sp³-hybridized carbons (Fsp3) is 0.450. The second kappa shape index (κ2) is 7.58. The van der Waals surface area contributed by atoms with E-state index in [1.165, 1.54) is 37.0 Å². The molecule has 2 heterocycles. The van der Waals surface area contributed by atoms with Gasteiger partial charge in [-0.15, -0.1) is 11.3 Å². The summed E-state index contributed by atoms with van der Waals surface area (Å²) in [6.45, 7) is 0. The second-order valence-electron chi connectivity index (χ2n) is 7.20. The highest BCUT2D eigenvalue weighted by Gasteiger charge is 2.18. The van der Waals surface area contributed by atoms with Crippen molar-refractivity contribution in [3.05, 3.63) is 29.1 Å². The summed E-state index contributed by atoms with van der Waals surface area (Å²) in [4.78, 5) is 28.2. The molecule has 2 N–H and O–H groups in total. The molecular weight excluding hydrogens is 346 g/mol. The van der Waals surface area contributed by atoms with E-state index in [-0.39, 0.29) is 11.8 Å². The van der Waals surface area contributed by atoms with E-state index in [1.54, 1.807) is 0 Å². The van der Waals surface area contributed by atoms with Crippen molar-refractivity contribution >= 4 is 34.0 Å². The van der Waals surface area contributed by atoms with Crippen LogP contribution in [0.2, 0.25) is 0 Å². The minimum Gasteiger partial charge on any atom is -0.326 e. The maximum absolute atomic E-state index is 12.2. The molecule has 26 heavy (non-hydrogen) atoms. The third-order valence-corrected chi connectivity index (χ3v) is 6.06. The Balaban J connectivity index is 1.38. The summed E-state index contributed by atoms with van der Waals surface area (Å²) >= 11 is 1.46. The first kappa shape index (κ1) is 17.2. The number of benzene rings is 1. The molecule has 1 saturated carbocycles. The number of hydrogen-bond acceptors (Lipinski definition) is 4. The van der Waals surface area contributed by atoms with Gasteiger partial charge in [0.2, 0.25) is 11.8 Å². The van der Waals surface area contributed by atoms with Crippen LogP contribution < -0.4 is 10.6 Å². The monoisotopic (exact) mass is 369 g/mol. The van der Waals surface area contributed by atoms with Gasteiger partial charge in [-0.25, -0.2) is 4.98 Å². The molecule has 0 saturated heterocycles. The third-order valence-electron chi connectivity index (χ3n) is 5.30. The molecule has 1 aromatic heterocycles. The van der Waals surface area contributed by atoms with Crippen molar-refractivity contribution in [2.45, 2.75) is 51.4 Å². The summed E-state index contributed by atoms with van der Waals surface area (Å²) in [5.41, 5.74) is 3.90. The van der Waals surface area contributed by atoms with Crippen molar-refractivity contribution in [3.63, 3.8) is 0 Å². The highest BCUT2D eigenvalue weighted by molar-refractivity contribution is 7.14. The third kappa shape index (κ3) is 3.96. The number of fused-ring (bicyclic) bond motifs is 1. The molecule has 0 radical (unpaired) electrons. The lowest BCUT2D eigenvalue weighted by Gasteiger charge is -2.17. The highest BCUT2D eigenvalue weighted by atomic mass is 32.1. The van der Waals surface area contributed by atoms with Crippen LogP contribution in [-0.2, 0) is 16.0 Å². The molecule has 136 valence electrons. The van der Waals surface area contributed by atoms with Crippen LogP contribution in [-0.4, -0.2) is 16.8 Å². The Morgan fingerprint density at radius 1 is 1.27 bits per heavy atom. The average Bonchev–Trinajstić information content (AvgIpc) is 3.31. The predicted octanol–water partition coefficient (Wildman–Crippen LogP) is 4.60. The molecule has 0 unspecified atom stereocenters. The molecule has 6 heteroatoms. The zero-order chi connectivity index (χ0) is 17.9. The summed E-state index contributed by atoms with van der Waals surface area (Å²) < 4.78 is 0. The lowest BCUT2D eigenvalue weighted by atomic mass is 9.99. The van der Waals surface area contributed by atoms with Crippen molar-refractivity contribution in [1.29, 1.82) is 0 Å². The van der Waals surface area contributed by atoms with Gasteiger partial charge < -0.3 is 10.6 Å². The number of hydrogen-bond donors (Lipinski definition) is 2. The van der Waals surface area contributed by atoms with Crippen LogP contribution in [0.25, 0.3) is 11.3 Å². The predicted molar refractivity (Wildman–Crippen MR) is 104 cm³/mol. The molecule has 1 aliphatic heterocycles. The van der Waals surface area contributed by atoms with Crippen LogP contribution in [0.4, 0.5) is 10.8 Å². The number of anilines is 2. The number of nitrogens with one attached hydrogen (secondary N) is 2. The minimum absolute atomic E-state index is 0.0611. The number of nitrogens with zero attached hydrogens (tertiary/aromatic N) is 1. The fourth-order valence-corrected chi connectivity index (χ4v) is 4.56. The van der Waals surface area contributed by atoms with Gasteiger partial charge in [-0.3, -0.25) is 9.59 Å². The van der Waals surface area contributed by atoms with Gasteiger partial charge >= 0.3 is 0 Å². The Labute approximate surface area is 157 Å². The lowest BCUT2D eigenvalue weighted by molar-refractivity contribution is -0.117. The zero-order valence-corrected chi connectivity index (χ0v) is 15.5. The summed E-state index contributed by atoms with van der Waals surface area (Å²) in [6.07, 6.45) is 8.01. The fourth-order valence-electron chi connectivity index (χ4n) is 3.82. The van der Waals surface area contributed by atoms with E-state index in [1.807, 2.05) is 17.5 Å². The van der Waals surface area contributed by atoms with Crippen molar-refractivity contribution in [1.82, 2.24) is 4.98 Å². The van der Waals surface area contributed by atoms with Crippen molar-refractivity contribution < 1.29 is 9.59 Å². The maximum Gasteiger partial charge on any atom is 0.226 e. The van der Waals surface area contributed by atoms with E-state index in [4.69, 9.17) is 0 Å². The van der Waals surface area contributed by atoms with Crippen LogP contribution in [0.15, 0.2) is 23.6 Å². The molecule has 1 aliphatic carbocycles. The largest absolute Gasteiger partial charge is 0.326 e. The van der Waals surface area contributed by atoms with E-state index in [0.717, 1.165) is 41.3 Å². The average molecular weight is 369 g/mol. The first-order chi connectivity index (χ1) is 12.7. The number of carbonyl (C=O) groups excluding carboxylic acids is 2. The molecule has 0 spiro atoms. The Hall–Kier alpha value is -2.21. The van der Waals surface area contributed by atoms with E-state index in [9.17, 15) is 9.59 Å². The van der Waals surface area contributed by atoms with Gasteiger partial charge in [-0.05, 0) is 36.5 Å². The number of amides is 2. The quantitative estimate of drug-likeness (QED) is 0.809. The molecule has 2 amide bonds. The molecule has 2 aliphatic rings. The van der Waals surface area contributed by atoms with Gasteiger partial charge in [0.15, 0.2) is 5.13 Å². The number of aryl methyl sites for hydroxylation is 1. The van der Waals surface area contributed by atoms with Gasteiger partial charge in [-0.2, -0.15) is 0 Å². The normalized spacial score (nSPS) is 17.0. The number of thiazole rings is 1. The Morgan fingerprint density at radius 3 is 2.96 bits per heavy atom. The van der Waals surface area contributed by atoms with E-state index >= 15 is 0 Å². The highest BCUT2D eigenvalue weighted by Crippen LogP contribution is 2.31. The van der Waals surface area contributed by atoms with E-state index < -0.39 is 0 Å². The van der Waals surface area contributed by atoms with Crippen LogP contribution in [0.3, 0.4) is 0 Å². The van der Waals surface area contributed by atoms with Gasteiger partial charge in [0.1, 0.15) is 0 Å². The van der Waals surface area contributed by atoms with Crippen LogP contribution in [0, 0.1) is 5.92 Å². The van der Waals surface area contributed by atoms with Crippen LogP contribution in [0.1, 0.15) is 50.5 Å². The molecule has 4 rings (SSSR count). The molecule has 2 aromatic rings. The Bertz CT molecular complexity index is 824. The molecule has 1 fully saturated rings. The summed E-state index contributed by atoms with van der Waals surface area (Å²) in [6, 6.07) is 5.97. The van der Waals surface area contributed by atoms with Crippen LogP contribution in [0.5, 0.6) is 0 Å².